The maximum atomic E-state index is 12.0. The van der Waals surface area contributed by atoms with Crippen LogP contribution in [0.1, 0.15) is 31.2 Å². The van der Waals surface area contributed by atoms with Crippen LogP contribution in [0.2, 0.25) is 0 Å². The number of aliphatic imine (C=N–C) groups is 1. The number of carbonyl (C=O) groups is 1. The first kappa shape index (κ1) is 18.0. The Balaban J connectivity index is 0.00000192. The molecule has 0 spiro atoms. The van der Waals surface area contributed by atoms with Gasteiger partial charge in [0.25, 0.3) is 5.91 Å². The highest BCUT2D eigenvalue weighted by Crippen LogP contribution is 2.29. The van der Waals surface area contributed by atoms with Crippen LogP contribution in [0.5, 0.6) is 0 Å². The molecule has 1 saturated heterocycles. The van der Waals surface area contributed by atoms with Crippen molar-refractivity contribution in [1.82, 2.24) is 4.90 Å². The molecule has 1 fully saturated rings. The van der Waals surface area contributed by atoms with Gasteiger partial charge >= 0.3 is 0 Å². The van der Waals surface area contributed by atoms with Crippen LogP contribution in [-0.2, 0) is 4.79 Å². The van der Waals surface area contributed by atoms with E-state index >= 15 is 0 Å². The van der Waals surface area contributed by atoms with Crippen LogP contribution < -0.4 is 0 Å². The highest BCUT2D eigenvalue weighted by atomic mass is 79.9. The zero-order valence-corrected chi connectivity index (χ0v) is 15.5. The van der Waals surface area contributed by atoms with Crippen LogP contribution in [0.4, 0.5) is 0 Å². The summed E-state index contributed by atoms with van der Waals surface area (Å²) in [5.41, 5.74) is 1.13. The molecule has 0 radical (unpaired) electrons. The molecular weight excluding hydrogens is 372 g/mol. The fourth-order valence-corrected chi connectivity index (χ4v) is 3.54. The third kappa shape index (κ3) is 5.08. The van der Waals surface area contributed by atoms with Gasteiger partial charge in [0, 0.05) is 13.1 Å². The van der Waals surface area contributed by atoms with Crippen molar-refractivity contribution in [3.05, 3.63) is 53.0 Å². The number of hydrogen-bond donors (Lipinski definition) is 0. The Morgan fingerprint density at radius 2 is 1.74 bits per heavy atom. The molecule has 2 aliphatic rings. The van der Waals surface area contributed by atoms with Crippen LogP contribution in [0.3, 0.4) is 0 Å². The van der Waals surface area contributed by atoms with E-state index in [1.807, 2.05) is 48.6 Å². The van der Waals surface area contributed by atoms with Crippen LogP contribution in [0.25, 0.3) is 6.08 Å². The lowest BCUT2D eigenvalue weighted by Crippen LogP contribution is -2.28. The molecule has 1 aromatic carbocycles. The summed E-state index contributed by atoms with van der Waals surface area (Å²) < 4.78 is 0. The summed E-state index contributed by atoms with van der Waals surface area (Å²) in [7, 11) is 0. The van der Waals surface area contributed by atoms with Crippen molar-refractivity contribution in [2.24, 2.45) is 4.99 Å². The van der Waals surface area contributed by atoms with E-state index in [1.54, 1.807) is 0 Å². The monoisotopic (exact) mass is 392 g/mol. The Bertz CT molecular complexity index is 617. The summed E-state index contributed by atoms with van der Waals surface area (Å²) in [4.78, 5) is 19.2. The summed E-state index contributed by atoms with van der Waals surface area (Å²) in [5.74, 6) is -0.109. The first-order valence-electron chi connectivity index (χ1n) is 7.82. The Labute approximate surface area is 152 Å². The Morgan fingerprint density at radius 3 is 2.43 bits per heavy atom. The third-order valence-electron chi connectivity index (χ3n) is 3.82. The van der Waals surface area contributed by atoms with E-state index in [2.05, 4.69) is 9.89 Å². The summed E-state index contributed by atoms with van der Waals surface area (Å²) in [6.07, 6.45) is 10.8. The average Bonchev–Trinajstić information content (AvgIpc) is 2.76. The Kier molecular flexibility index (Phi) is 7.12. The number of nitrogens with zero attached hydrogens (tertiary/aromatic N) is 2. The third-order valence-corrected chi connectivity index (χ3v) is 4.88. The minimum absolute atomic E-state index is 0. The van der Waals surface area contributed by atoms with Crippen molar-refractivity contribution in [3.8, 4) is 0 Å². The van der Waals surface area contributed by atoms with E-state index in [0.29, 0.717) is 4.91 Å². The number of carbonyl (C=O) groups excluding carboxylic acids is 1. The summed E-state index contributed by atoms with van der Waals surface area (Å²) in [6, 6.07) is 10.1. The zero-order chi connectivity index (χ0) is 15.2. The second-order valence-electron chi connectivity index (χ2n) is 5.50. The zero-order valence-electron chi connectivity index (χ0n) is 13.0. The predicted molar refractivity (Wildman–Crippen MR) is 104 cm³/mol. The van der Waals surface area contributed by atoms with E-state index in [-0.39, 0.29) is 22.9 Å². The summed E-state index contributed by atoms with van der Waals surface area (Å²) in [5, 5.41) is 0.881. The number of halogens is 1. The number of amidine groups is 1. The number of allylic oxidation sites excluding steroid dienone is 2. The molecule has 0 bridgehead atoms. The molecule has 0 aliphatic carbocycles. The first-order chi connectivity index (χ1) is 10.8. The molecule has 0 unspecified atom stereocenters. The molecular formula is C18H21BrN2OS. The van der Waals surface area contributed by atoms with E-state index < -0.39 is 0 Å². The lowest BCUT2D eigenvalue weighted by atomic mass is 10.2. The molecule has 3 rings (SSSR count). The van der Waals surface area contributed by atoms with Crippen LogP contribution in [0, 0.1) is 0 Å². The van der Waals surface area contributed by atoms with Crippen molar-refractivity contribution in [2.45, 2.75) is 25.7 Å². The number of likely N-dealkylation sites (tertiary alicyclic amines) is 1. The van der Waals surface area contributed by atoms with Gasteiger partial charge < -0.3 is 4.90 Å². The number of amides is 1. The molecule has 3 nitrogen and oxygen atoms in total. The highest BCUT2D eigenvalue weighted by molar-refractivity contribution is 8.93. The number of benzene rings is 1. The molecule has 23 heavy (non-hydrogen) atoms. The van der Waals surface area contributed by atoms with Gasteiger partial charge in [-0.25, -0.2) is 0 Å². The van der Waals surface area contributed by atoms with E-state index in [4.69, 9.17) is 0 Å². The molecule has 2 heterocycles. The highest BCUT2D eigenvalue weighted by Gasteiger charge is 2.25. The van der Waals surface area contributed by atoms with Gasteiger partial charge in [0.05, 0.1) is 4.91 Å². The predicted octanol–water partition coefficient (Wildman–Crippen LogP) is 4.67. The van der Waals surface area contributed by atoms with Crippen LogP contribution in [0.15, 0.2) is 52.4 Å². The maximum absolute atomic E-state index is 12.0. The minimum atomic E-state index is -0.109. The molecule has 1 aromatic rings. The summed E-state index contributed by atoms with van der Waals surface area (Å²) in [6.45, 7) is 2.04. The van der Waals surface area contributed by atoms with E-state index in [1.165, 1.54) is 37.4 Å². The van der Waals surface area contributed by atoms with E-state index in [9.17, 15) is 4.79 Å². The first-order valence-corrected chi connectivity index (χ1v) is 8.64. The minimum Gasteiger partial charge on any atom is -0.351 e. The van der Waals surface area contributed by atoms with Gasteiger partial charge in [-0.05, 0) is 36.2 Å². The normalized spacial score (nSPS) is 20.5. The largest absolute Gasteiger partial charge is 0.351 e. The maximum Gasteiger partial charge on any atom is 0.286 e. The van der Waals surface area contributed by atoms with Gasteiger partial charge in [-0.1, -0.05) is 55.3 Å². The fourth-order valence-electron chi connectivity index (χ4n) is 2.62. The molecule has 122 valence electrons. The van der Waals surface area contributed by atoms with Crippen LogP contribution in [-0.4, -0.2) is 29.1 Å². The van der Waals surface area contributed by atoms with Crippen molar-refractivity contribution in [2.75, 3.05) is 13.1 Å². The molecule has 0 atom stereocenters. The average molecular weight is 393 g/mol. The van der Waals surface area contributed by atoms with Crippen molar-refractivity contribution in [3.63, 3.8) is 0 Å². The molecule has 0 N–H and O–H groups in total. The van der Waals surface area contributed by atoms with Crippen LogP contribution >= 0.6 is 28.7 Å². The van der Waals surface area contributed by atoms with Gasteiger partial charge in [-0.3, -0.25) is 4.79 Å². The van der Waals surface area contributed by atoms with Crippen molar-refractivity contribution >= 4 is 45.9 Å². The fraction of sp³-hybridized carbons (Fsp3) is 0.333. The molecule has 0 saturated carbocycles. The number of rotatable bonds is 2. The number of thioether (sulfide) groups is 1. The smallest absolute Gasteiger partial charge is 0.286 e. The molecule has 5 heteroatoms. The SMILES string of the molecule is Br.O=C1N=C(N2CCCCCC2)SC1=CC=Cc1ccccc1. The second kappa shape index (κ2) is 9.08. The Hall–Kier alpha value is -1.33. The van der Waals surface area contributed by atoms with Gasteiger partial charge in [0.1, 0.15) is 0 Å². The van der Waals surface area contributed by atoms with Crippen molar-refractivity contribution < 1.29 is 4.79 Å². The standard InChI is InChI=1S/C18H20N2OS.BrH/c21-17-16(12-8-11-15-9-4-3-5-10-15)22-18(19-17)20-13-6-1-2-7-14-20;/h3-5,8-12H,1-2,6-7,13-14H2;1H. The molecule has 1 amide bonds. The lowest BCUT2D eigenvalue weighted by molar-refractivity contribution is -0.113. The summed E-state index contributed by atoms with van der Waals surface area (Å²) >= 11 is 1.51. The van der Waals surface area contributed by atoms with Gasteiger partial charge in [0.15, 0.2) is 5.17 Å². The Morgan fingerprint density at radius 1 is 1.04 bits per heavy atom. The van der Waals surface area contributed by atoms with E-state index in [0.717, 1.165) is 23.8 Å². The van der Waals surface area contributed by atoms with Gasteiger partial charge in [0.2, 0.25) is 0 Å². The quantitative estimate of drug-likeness (QED) is 0.685. The van der Waals surface area contributed by atoms with Gasteiger partial charge in [-0.2, -0.15) is 4.99 Å². The number of hydrogen-bond acceptors (Lipinski definition) is 3. The molecule has 0 aromatic heterocycles. The molecule has 2 aliphatic heterocycles. The van der Waals surface area contributed by atoms with Gasteiger partial charge in [-0.15, -0.1) is 17.0 Å². The topological polar surface area (TPSA) is 32.7 Å². The second-order valence-corrected chi connectivity index (χ2v) is 6.51. The lowest BCUT2D eigenvalue weighted by Gasteiger charge is -2.20. The van der Waals surface area contributed by atoms with Crippen molar-refractivity contribution in [1.29, 1.82) is 0 Å².